The molecule has 1 aliphatic carbocycles. The average molecular weight is 250 g/mol. The van der Waals surface area contributed by atoms with E-state index in [1.165, 1.54) is 0 Å². The molecule has 0 aliphatic heterocycles. The zero-order valence-electron chi connectivity index (χ0n) is 11.4. The second-order valence-corrected chi connectivity index (χ2v) is 4.78. The Hall–Kier alpha value is -1.52. The Morgan fingerprint density at radius 1 is 1.56 bits per heavy atom. The van der Waals surface area contributed by atoms with Crippen LogP contribution in [0.1, 0.15) is 32.4 Å². The SMILES string of the molecule is CCc1nn(C)cc1NCC(=O)N(CC)C1CC1. The van der Waals surface area contributed by atoms with Crippen molar-refractivity contribution >= 4 is 11.6 Å². The van der Waals surface area contributed by atoms with E-state index in [9.17, 15) is 4.79 Å². The van der Waals surface area contributed by atoms with Crippen LogP contribution in [-0.4, -0.2) is 39.7 Å². The summed E-state index contributed by atoms with van der Waals surface area (Å²) in [5, 5.41) is 7.56. The number of aryl methyl sites for hydroxylation is 2. The van der Waals surface area contributed by atoms with Crippen LogP contribution < -0.4 is 5.32 Å². The zero-order chi connectivity index (χ0) is 13.1. The maximum Gasteiger partial charge on any atom is 0.242 e. The lowest BCUT2D eigenvalue weighted by atomic mass is 10.3. The number of aromatic nitrogens is 2. The van der Waals surface area contributed by atoms with E-state index in [2.05, 4.69) is 17.3 Å². The van der Waals surface area contributed by atoms with Crippen LogP contribution in [0, 0.1) is 0 Å². The van der Waals surface area contributed by atoms with Gasteiger partial charge < -0.3 is 10.2 Å². The van der Waals surface area contributed by atoms with Crippen molar-refractivity contribution in [2.75, 3.05) is 18.4 Å². The molecule has 0 aromatic carbocycles. The third-order valence-electron chi connectivity index (χ3n) is 3.32. The molecule has 100 valence electrons. The van der Waals surface area contributed by atoms with Gasteiger partial charge in [-0.25, -0.2) is 0 Å². The second-order valence-electron chi connectivity index (χ2n) is 4.78. The van der Waals surface area contributed by atoms with E-state index in [4.69, 9.17) is 0 Å². The molecular weight excluding hydrogens is 228 g/mol. The van der Waals surface area contributed by atoms with Gasteiger partial charge in [-0.3, -0.25) is 9.48 Å². The summed E-state index contributed by atoms with van der Waals surface area (Å²) in [4.78, 5) is 14.0. The maximum absolute atomic E-state index is 12.1. The van der Waals surface area contributed by atoms with Crippen molar-refractivity contribution in [2.24, 2.45) is 7.05 Å². The van der Waals surface area contributed by atoms with Crippen molar-refractivity contribution in [3.8, 4) is 0 Å². The standard InChI is InChI=1S/C13H22N4O/c1-4-11-12(9-16(3)15-11)14-8-13(18)17(5-2)10-6-7-10/h9-10,14H,4-8H2,1-3H3. The average Bonchev–Trinajstić information content (AvgIpc) is 3.11. The highest BCUT2D eigenvalue weighted by molar-refractivity contribution is 5.81. The smallest absolute Gasteiger partial charge is 0.242 e. The number of amides is 1. The summed E-state index contributed by atoms with van der Waals surface area (Å²) >= 11 is 0. The van der Waals surface area contributed by atoms with Gasteiger partial charge in [-0.05, 0) is 26.2 Å². The van der Waals surface area contributed by atoms with Crippen LogP contribution in [0.4, 0.5) is 5.69 Å². The highest BCUT2D eigenvalue weighted by atomic mass is 16.2. The molecule has 1 fully saturated rings. The molecule has 2 rings (SSSR count). The maximum atomic E-state index is 12.1. The minimum absolute atomic E-state index is 0.186. The number of nitrogens with zero attached hydrogens (tertiary/aromatic N) is 3. The fourth-order valence-corrected chi connectivity index (χ4v) is 2.24. The van der Waals surface area contributed by atoms with Crippen molar-refractivity contribution in [3.05, 3.63) is 11.9 Å². The lowest BCUT2D eigenvalue weighted by Gasteiger charge is -2.20. The van der Waals surface area contributed by atoms with Gasteiger partial charge in [-0.15, -0.1) is 0 Å². The van der Waals surface area contributed by atoms with Crippen molar-refractivity contribution in [1.82, 2.24) is 14.7 Å². The van der Waals surface area contributed by atoms with Crippen molar-refractivity contribution in [3.63, 3.8) is 0 Å². The van der Waals surface area contributed by atoms with Crippen molar-refractivity contribution in [1.29, 1.82) is 0 Å². The Kier molecular flexibility index (Phi) is 3.89. The number of carbonyl (C=O) groups excluding carboxylic acids is 1. The van der Waals surface area contributed by atoms with E-state index >= 15 is 0 Å². The minimum atomic E-state index is 0.186. The molecule has 1 aromatic rings. The Bertz CT molecular complexity index is 423. The Balaban J connectivity index is 1.91. The van der Waals surface area contributed by atoms with Gasteiger partial charge in [0.05, 0.1) is 17.9 Å². The predicted octanol–water partition coefficient (Wildman–Crippen LogP) is 1.41. The summed E-state index contributed by atoms with van der Waals surface area (Å²) in [5.41, 5.74) is 1.99. The van der Waals surface area contributed by atoms with E-state index < -0.39 is 0 Å². The van der Waals surface area contributed by atoms with E-state index in [-0.39, 0.29) is 5.91 Å². The van der Waals surface area contributed by atoms with Gasteiger partial charge in [-0.1, -0.05) is 6.92 Å². The second kappa shape index (κ2) is 5.42. The van der Waals surface area contributed by atoms with E-state index in [1.807, 2.05) is 25.1 Å². The van der Waals surface area contributed by atoms with E-state index in [1.54, 1.807) is 4.68 Å². The normalized spacial score (nSPS) is 14.6. The van der Waals surface area contributed by atoms with Gasteiger partial charge in [0, 0.05) is 25.8 Å². The van der Waals surface area contributed by atoms with Gasteiger partial charge >= 0.3 is 0 Å². The van der Waals surface area contributed by atoms with Gasteiger partial charge in [0.1, 0.15) is 0 Å². The summed E-state index contributed by atoms with van der Waals surface area (Å²) < 4.78 is 1.78. The van der Waals surface area contributed by atoms with Crippen LogP contribution in [-0.2, 0) is 18.3 Å². The van der Waals surface area contributed by atoms with Gasteiger partial charge in [0.2, 0.25) is 5.91 Å². The molecular formula is C13H22N4O. The zero-order valence-corrected chi connectivity index (χ0v) is 11.4. The highest BCUT2D eigenvalue weighted by Crippen LogP contribution is 2.26. The topological polar surface area (TPSA) is 50.2 Å². The predicted molar refractivity (Wildman–Crippen MR) is 71.5 cm³/mol. The number of anilines is 1. The fraction of sp³-hybridized carbons (Fsp3) is 0.692. The van der Waals surface area contributed by atoms with Gasteiger partial charge in [-0.2, -0.15) is 5.10 Å². The molecule has 1 aromatic heterocycles. The van der Waals surface area contributed by atoms with Crippen molar-refractivity contribution < 1.29 is 4.79 Å². The molecule has 1 saturated carbocycles. The Morgan fingerprint density at radius 2 is 2.28 bits per heavy atom. The number of hydrogen-bond donors (Lipinski definition) is 1. The number of hydrogen-bond acceptors (Lipinski definition) is 3. The lowest BCUT2D eigenvalue weighted by molar-refractivity contribution is -0.129. The molecule has 1 N–H and O–H groups in total. The van der Waals surface area contributed by atoms with Crippen LogP contribution in [0.15, 0.2) is 6.20 Å². The monoisotopic (exact) mass is 250 g/mol. The molecule has 18 heavy (non-hydrogen) atoms. The van der Waals surface area contributed by atoms with Crippen LogP contribution >= 0.6 is 0 Å². The van der Waals surface area contributed by atoms with Gasteiger partial charge in [0.15, 0.2) is 0 Å². The first-order valence-electron chi connectivity index (χ1n) is 6.71. The first-order chi connectivity index (χ1) is 8.65. The summed E-state index contributed by atoms with van der Waals surface area (Å²) in [6, 6.07) is 0.490. The van der Waals surface area contributed by atoms with Gasteiger partial charge in [0.25, 0.3) is 0 Å². The quantitative estimate of drug-likeness (QED) is 0.830. The van der Waals surface area contributed by atoms with Crippen LogP contribution in [0.5, 0.6) is 0 Å². The summed E-state index contributed by atoms with van der Waals surface area (Å²) in [6.07, 6.45) is 5.12. The van der Waals surface area contributed by atoms with Crippen LogP contribution in [0.3, 0.4) is 0 Å². The molecule has 1 aliphatic rings. The molecule has 0 radical (unpaired) electrons. The molecule has 0 spiro atoms. The third-order valence-corrected chi connectivity index (χ3v) is 3.32. The molecule has 5 nitrogen and oxygen atoms in total. The molecule has 0 unspecified atom stereocenters. The molecule has 5 heteroatoms. The van der Waals surface area contributed by atoms with E-state index in [0.29, 0.717) is 12.6 Å². The lowest BCUT2D eigenvalue weighted by Crippen LogP contribution is -2.37. The number of nitrogens with one attached hydrogen (secondary N) is 1. The number of rotatable bonds is 6. The summed E-state index contributed by atoms with van der Waals surface area (Å²) in [7, 11) is 1.90. The van der Waals surface area contributed by atoms with Crippen LogP contribution in [0.25, 0.3) is 0 Å². The first kappa shape index (κ1) is 12.9. The fourth-order valence-electron chi connectivity index (χ4n) is 2.24. The largest absolute Gasteiger partial charge is 0.373 e. The third kappa shape index (κ3) is 2.83. The number of carbonyl (C=O) groups is 1. The highest BCUT2D eigenvalue weighted by Gasteiger charge is 2.31. The summed E-state index contributed by atoms with van der Waals surface area (Å²) in [5.74, 6) is 0.186. The minimum Gasteiger partial charge on any atom is -0.373 e. The van der Waals surface area contributed by atoms with E-state index in [0.717, 1.165) is 37.2 Å². The molecule has 0 bridgehead atoms. The van der Waals surface area contributed by atoms with Crippen LogP contribution in [0.2, 0.25) is 0 Å². The molecule has 1 amide bonds. The number of likely N-dealkylation sites (N-methyl/N-ethyl adjacent to an activating group) is 1. The first-order valence-corrected chi connectivity index (χ1v) is 6.71. The molecule has 0 saturated heterocycles. The van der Waals surface area contributed by atoms with Crippen molar-refractivity contribution in [2.45, 2.75) is 39.2 Å². The molecule has 0 atom stereocenters. The Labute approximate surface area is 108 Å². The Morgan fingerprint density at radius 3 is 2.83 bits per heavy atom. The molecule has 1 heterocycles. The summed E-state index contributed by atoms with van der Waals surface area (Å²) in [6.45, 7) is 5.28.